The molecular formula is C10H20O5. The topological polar surface area (TPSA) is 54.0 Å². The quantitative estimate of drug-likeness (QED) is 0.610. The highest BCUT2D eigenvalue weighted by atomic mass is 16.7. The first-order valence-electron chi connectivity index (χ1n) is 5.04. The van der Waals surface area contributed by atoms with Gasteiger partial charge in [0.25, 0.3) is 0 Å². The summed E-state index contributed by atoms with van der Waals surface area (Å²) in [5.74, 6) is 0. The van der Waals surface area contributed by atoms with E-state index in [9.17, 15) is 4.79 Å². The molecule has 90 valence electrons. The zero-order chi connectivity index (χ0) is 11.7. The Hall–Kier alpha value is -0.810. The Labute approximate surface area is 90.6 Å². The second-order valence-corrected chi connectivity index (χ2v) is 3.21. The van der Waals surface area contributed by atoms with Gasteiger partial charge < -0.3 is 18.9 Å². The monoisotopic (exact) mass is 220 g/mol. The number of rotatable bonds is 7. The maximum Gasteiger partial charge on any atom is 0.508 e. The Bertz CT molecular complexity index is 171. The lowest BCUT2D eigenvalue weighted by atomic mass is 10.4. The molecule has 5 nitrogen and oxygen atoms in total. The zero-order valence-corrected chi connectivity index (χ0v) is 9.82. The molecule has 0 spiro atoms. The number of methoxy groups -OCH3 is 1. The molecule has 0 rings (SSSR count). The van der Waals surface area contributed by atoms with E-state index in [1.54, 1.807) is 21.0 Å². The van der Waals surface area contributed by atoms with Crippen molar-refractivity contribution in [2.75, 3.05) is 26.9 Å². The lowest BCUT2D eigenvalue weighted by molar-refractivity contribution is -0.0452. The molecule has 0 aliphatic heterocycles. The summed E-state index contributed by atoms with van der Waals surface area (Å²) >= 11 is 0. The van der Waals surface area contributed by atoms with Crippen LogP contribution in [-0.2, 0) is 18.9 Å². The third-order valence-electron chi connectivity index (χ3n) is 1.58. The van der Waals surface area contributed by atoms with Gasteiger partial charge in [0, 0.05) is 7.11 Å². The van der Waals surface area contributed by atoms with Gasteiger partial charge in [-0.2, -0.15) is 0 Å². The average Bonchev–Trinajstić information content (AvgIpc) is 2.15. The highest BCUT2D eigenvalue weighted by Gasteiger charge is 2.11. The summed E-state index contributed by atoms with van der Waals surface area (Å²) in [5, 5.41) is 0. The number of carbonyl (C=O) groups excluding carboxylic acids is 1. The van der Waals surface area contributed by atoms with Gasteiger partial charge in [-0.25, -0.2) is 4.79 Å². The third-order valence-corrected chi connectivity index (χ3v) is 1.58. The molecule has 0 N–H and O–H groups in total. The van der Waals surface area contributed by atoms with Gasteiger partial charge in [-0.05, 0) is 20.8 Å². The molecular weight excluding hydrogens is 200 g/mol. The molecule has 0 fully saturated rings. The molecule has 0 aromatic heterocycles. The Kier molecular flexibility index (Phi) is 8.04. The van der Waals surface area contributed by atoms with Crippen LogP contribution in [0.1, 0.15) is 20.8 Å². The highest BCUT2D eigenvalue weighted by Crippen LogP contribution is 1.99. The van der Waals surface area contributed by atoms with E-state index in [1.165, 1.54) is 0 Å². The van der Waals surface area contributed by atoms with Crippen LogP contribution in [0.15, 0.2) is 0 Å². The van der Waals surface area contributed by atoms with Crippen LogP contribution in [0.2, 0.25) is 0 Å². The fourth-order valence-corrected chi connectivity index (χ4v) is 0.933. The van der Waals surface area contributed by atoms with Crippen LogP contribution in [0.4, 0.5) is 4.79 Å². The van der Waals surface area contributed by atoms with Crippen molar-refractivity contribution in [1.29, 1.82) is 0 Å². The Balaban J connectivity index is 3.56. The van der Waals surface area contributed by atoms with Crippen molar-refractivity contribution in [2.45, 2.75) is 33.0 Å². The molecule has 15 heavy (non-hydrogen) atoms. The number of ether oxygens (including phenoxy) is 4. The third kappa shape index (κ3) is 8.20. The molecule has 0 saturated heterocycles. The molecule has 0 bridgehead atoms. The molecule has 2 unspecified atom stereocenters. The largest absolute Gasteiger partial charge is 0.508 e. The lowest BCUT2D eigenvalue weighted by Gasteiger charge is -2.16. The van der Waals surface area contributed by atoms with E-state index in [0.29, 0.717) is 19.8 Å². The summed E-state index contributed by atoms with van der Waals surface area (Å²) in [6, 6.07) is 0. The molecule has 0 amide bonds. The van der Waals surface area contributed by atoms with Crippen molar-refractivity contribution in [2.24, 2.45) is 0 Å². The van der Waals surface area contributed by atoms with E-state index in [4.69, 9.17) is 14.2 Å². The van der Waals surface area contributed by atoms with Gasteiger partial charge in [0.15, 0.2) is 0 Å². The van der Waals surface area contributed by atoms with Crippen LogP contribution in [-0.4, -0.2) is 45.3 Å². The molecule has 0 aromatic carbocycles. The van der Waals surface area contributed by atoms with Gasteiger partial charge >= 0.3 is 6.16 Å². The molecule has 5 heteroatoms. The van der Waals surface area contributed by atoms with Crippen molar-refractivity contribution in [1.82, 2.24) is 0 Å². The number of carbonyl (C=O) groups is 1. The summed E-state index contributed by atoms with van der Waals surface area (Å²) in [4.78, 5) is 10.9. The Morgan fingerprint density at radius 2 is 1.87 bits per heavy atom. The van der Waals surface area contributed by atoms with E-state index < -0.39 is 6.16 Å². The van der Waals surface area contributed by atoms with Crippen LogP contribution in [0.5, 0.6) is 0 Å². The van der Waals surface area contributed by atoms with Gasteiger partial charge in [0.2, 0.25) is 0 Å². The van der Waals surface area contributed by atoms with Crippen LogP contribution >= 0.6 is 0 Å². The first-order valence-corrected chi connectivity index (χ1v) is 5.04. The molecule has 2 atom stereocenters. The van der Waals surface area contributed by atoms with Crippen molar-refractivity contribution in [3.63, 3.8) is 0 Å². The molecule has 0 heterocycles. The number of hydrogen-bond acceptors (Lipinski definition) is 5. The van der Waals surface area contributed by atoms with Crippen LogP contribution in [0, 0.1) is 0 Å². The minimum atomic E-state index is -0.659. The minimum Gasteiger partial charge on any atom is -0.435 e. The summed E-state index contributed by atoms with van der Waals surface area (Å²) in [6.07, 6.45) is -0.986. The van der Waals surface area contributed by atoms with E-state index >= 15 is 0 Å². The van der Waals surface area contributed by atoms with Crippen molar-refractivity contribution in [3.05, 3.63) is 0 Å². The van der Waals surface area contributed by atoms with E-state index in [2.05, 4.69) is 4.74 Å². The molecule has 0 aliphatic carbocycles. The maximum absolute atomic E-state index is 10.9. The SMILES string of the molecule is CCOC(=O)OC(C)COC(C)COC. The van der Waals surface area contributed by atoms with Gasteiger partial charge in [-0.15, -0.1) is 0 Å². The molecule has 0 radical (unpaired) electrons. The van der Waals surface area contributed by atoms with E-state index in [1.807, 2.05) is 6.92 Å². The summed E-state index contributed by atoms with van der Waals surface area (Å²) in [5.41, 5.74) is 0. The molecule has 0 aliphatic rings. The van der Waals surface area contributed by atoms with E-state index in [-0.39, 0.29) is 12.2 Å². The number of hydrogen-bond donors (Lipinski definition) is 0. The van der Waals surface area contributed by atoms with Gasteiger partial charge in [0.1, 0.15) is 6.10 Å². The Morgan fingerprint density at radius 3 is 2.40 bits per heavy atom. The smallest absolute Gasteiger partial charge is 0.435 e. The lowest BCUT2D eigenvalue weighted by Crippen LogP contribution is -2.25. The average molecular weight is 220 g/mol. The predicted octanol–water partition coefficient (Wildman–Crippen LogP) is 1.60. The summed E-state index contributed by atoms with van der Waals surface area (Å²) < 4.78 is 19.8. The van der Waals surface area contributed by atoms with Gasteiger partial charge in [0.05, 0.1) is 25.9 Å². The van der Waals surface area contributed by atoms with Crippen molar-refractivity contribution in [3.8, 4) is 0 Å². The first-order chi connectivity index (χ1) is 7.10. The normalized spacial score (nSPS) is 14.4. The van der Waals surface area contributed by atoms with Gasteiger partial charge in [-0.1, -0.05) is 0 Å². The van der Waals surface area contributed by atoms with E-state index in [0.717, 1.165) is 0 Å². The second-order valence-electron chi connectivity index (χ2n) is 3.21. The fraction of sp³-hybridized carbons (Fsp3) is 0.900. The van der Waals surface area contributed by atoms with Crippen LogP contribution in [0.3, 0.4) is 0 Å². The Morgan fingerprint density at radius 1 is 1.20 bits per heavy atom. The summed E-state index contributed by atoms with van der Waals surface area (Å²) in [6.45, 7) is 6.53. The fourth-order valence-electron chi connectivity index (χ4n) is 0.933. The second kappa shape index (κ2) is 8.49. The summed E-state index contributed by atoms with van der Waals surface area (Å²) in [7, 11) is 1.61. The molecule has 0 aromatic rings. The highest BCUT2D eigenvalue weighted by molar-refractivity contribution is 5.59. The predicted molar refractivity (Wildman–Crippen MR) is 54.9 cm³/mol. The zero-order valence-electron chi connectivity index (χ0n) is 9.82. The maximum atomic E-state index is 10.9. The van der Waals surface area contributed by atoms with Crippen molar-refractivity contribution < 1.29 is 23.7 Å². The van der Waals surface area contributed by atoms with Crippen LogP contribution in [0.25, 0.3) is 0 Å². The van der Waals surface area contributed by atoms with Crippen molar-refractivity contribution >= 4 is 6.16 Å². The van der Waals surface area contributed by atoms with Crippen LogP contribution < -0.4 is 0 Å². The van der Waals surface area contributed by atoms with Gasteiger partial charge in [-0.3, -0.25) is 0 Å². The molecule has 0 saturated carbocycles. The first kappa shape index (κ1) is 14.2. The standard InChI is InChI=1S/C10H20O5/c1-5-13-10(11)15-9(3)7-14-8(2)6-12-4/h8-9H,5-7H2,1-4H3. The minimum absolute atomic E-state index is 0.0109.